The Morgan fingerprint density at radius 3 is 2.45 bits per heavy atom. The van der Waals surface area contributed by atoms with E-state index in [-0.39, 0.29) is 29.2 Å². The molecule has 0 spiro atoms. The van der Waals surface area contributed by atoms with Gasteiger partial charge in [-0.25, -0.2) is 0 Å². The van der Waals surface area contributed by atoms with Crippen molar-refractivity contribution in [3.63, 3.8) is 0 Å². The smallest absolute Gasteiger partial charge is 0.424 e. The minimum absolute atomic E-state index is 0. The van der Waals surface area contributed by atoms with Crippen molar-refractivity contribution in [3.05, 3.63) is 23.5 Å². The van der Waals surface area contributed by atoms with Crippen LogP contribution < -0.4 is 5.46 Å². The van der Waals surface area contributed by atoms with Gasteiger partial charge in [-0.15, -0.1) is 23.1 Å². The molecule has 1 aromatic rings. The van der Waals surface area contributed by atoms with Crippen LogP contribution in [0.4, 0.5) is 0 Å². The zero-order valence-electron chi connectivity index (χ0n) is 5.40. The van der Waals surface area contributed by atoms with Crippen molar-refractivity contribution in [2.24, 2.45) is 0 Å². The van der Waals surface area contributed by atoms with Gasteiger partial charge in [0.2, 0.25) is 0 Å². The zero-order valence-corrected chi connectivity index (χ0v) is 7.55. The van der Waals surface area contributed by atoms with Crippen LogP contribution in [0.5, 0.6) is 0 Å². The average Bonchev–Trinajstić information content (AvgIpc) is 1.88. The minimum Gasteiger partial charge on any atom is -0.424 e. The molecular formula is C5H4BClNO2V-. The molecule has 0 saturated carbocycles. The van der Waals surface area contributed by atoms with E-state index in [9.17, 15) is 0 Å². The summed E-state index contributed by atoms with van der Waals surface area (Å²) in [4.78, 5) is 3.52. The second-order valence-corrected chi connectivity index (χ2v) is 2.10. The predicted octanol–water partition coefficient (Wildman–Crippen LogP) is -0.788. The monoisotopic (exact) mass is 207 g/mol. The standard InChI is InChI=1S/C5H4BClNO2.V/c7-5-2-1-4(3-8-5)6(9)10;/h1-2,9-10H;/q-1;. The number of aromatic nitrogens is 1. The molecule has 0 amide bonds. The normalized spacial score (nSPS) is 8.64. The van der Waals surface area contributed by atoms with Gasteiger partial charge < -0.3 is 15.0 Å². The molecule has 0 atom stereocenters. The van der Waals surface area contributed by atoms with Crippen molar-refractivity contribution in [3.8, 4) is 0 Å². The maximum atomic E-state index is 8.56. The zero-order chi connectivity index (χ0) is 7.56. The number of nitrogens with zero attached hydrogens (tertiary/aromatic N) is 1. The molecule has 0 aliphatic heterocycles. The van der Waals surface area contributed by atoms with E-state index >= 15 is 0 Å². The molecule has 1 aromatic heterocycles. The van der Waals surface area contributed by atoms with E-state index in [1.165, 1.54) is 12.1 Å². The quantitative estimate of drug-likeness (QED) is 0.360. The fourth-order valence-electron chi connectivity index (χ4n) is 0.495. The molecule has 2 N–H and O–H groups in total. The summed E-state index contributed by atoms with van der Waals surface area (Å²) in [5, 5.41) is 17.4. The van der Waals surface area contributed by atoms with Crippen LogP contribution in [-0.4, -0.2) is 22.2 Å². The van der Waals surface area contributed by atoms with Crippen molar-refractivity contribution in [2.45, 2.75) is 0 Å². The van der Waals surface area contributed by atoms with Crippen molar-refractivity contribution in [2.75, 3.05) is 0 Å². The number of hydrogen-bond acceptors (Lipinski definition) is 3. The molecule has 0 saturated heterocycles. The first-order chi connectivity index (χ1) is 4.70. The summed E-state index contributed by atoms with van der Waals surface area (Å²) in [6.45, 7) is 0. The molecule has 0 aromatic carbocycles. The number of pyridine rings is 1. The Kier molecular flexibility index (Phi) is 4.80. The summed E-state index contributed by atoms with van der Waals surface area (Å²) in [7, 11) is -1.52. The SMILES string of the molecule is OB(O)c1[c-]nc(Cl)cc1.[V]. The Balaban J connectivity index is 0.000001000. The van der Waals surface area contributed by atoms with Gasteiger partial charge in [-0.3, -0.25) is 0 Å². The molecule has 0 fully saturated rings. The summed E-state index contributed by atoms with van der Waals surface area (Å²) in [5.41, 5.74) is 0.212. The number of hydrogen-bond donors (Lipinski definition) is 2. The van der Waals surface area contributed by atoms with Crippen LogP contribution in [0.25, 0.3) is 0 Å². The summed E-state index contributed by atoms with van der Waals surface area (Å²) in [6.07, 6.45) is 2.35. The largest absolute Gasteiger partial charge is 0.463 e. The van der Waals surface area contributed by atoms with Gasteiger partial charge in [0.15, 0.2) is 0 Å². The molecule has 1 rings (SSSR count). The van der Waals surface area contributed by atoms with Crippen LogP contribution in [0.3, 0.4) is 0 Å². The Morgan fingerprint density at radius 1 is 1.45 bits per heavy atom. The van der Waals surface area contributed by atoms with Gasteiger partial charge in [-0.05, 0) is 0 Å². The second kappa shape index (κ2) is 4.80. The first-order valence-electron chi connectivity index (χ1n) is 2.60. The molecule has 1 radical (unpaired) electrons. The first-order valence-corrected chi connectivity index (χ1v) is 2.98. The van der Waals surface area contributed by atoms with Gasteiger partial charge in [0.25, 0.3) is 0 Å². The number of halogens is 1. The van der Waals surface area contributed by atoms with Gasteiger partial charge in [0.05, 0.1) is 0 Å². The fourth-order valence-corrected chi connectivity index (χ4v) is 0.600. The fraction of sp³-hybridized carbons (Fsp3) is 0. The molecule has 0 aliphatic carbocycles. The van der Waals surface area contributed by atoms with E-state index in [4.69, 9.17) is 21.6 Å². The Hall–Kier alpha value is 0.00935. The Bertz CT molecular complexity index is 218. The molecule has 3 nitrogen and oxygen atoms in total. The maximum Gasteiger partial charge on any atom is 0.463 e. The Labute approximate surface area is 81.4 Å². The molecule has 6 heteroatoms. The van der Waals surface area contributed by atoms with Crippen LogP contribution in [0.2, 0.25) is 5.15 Å². The molecule has 0 aliphatic rings. The van der Waals surface area contributed by atoms with Crippen LogP contribution >= 0.6 is 11.6 Å². The number of rotatable bonds is 1. The Morgan fingerprint density at radius 2 is 2.09 bits per heavy atom. The van der Waals surface area contributed by atoms with Crippen LogP contribution in [0.1, 0.15) is 0 Å². The molecule has 11 heavy (non-hydrogen) atoms. The molecular weight excluding hydrogens is 203 g/mol. The third-order valence-electron chi connectivity index (χ3n) is 0.970. The van der Waals surface area contributed by atoms with Crippen molar-refractivity contribution >= 4 is 24.2 Å². The van der Waals surface area contributed by atoms with E-state index in [2.05, 4.69) is 11.2 Å². The van der Waals surface area contributed by atoms with Gasteiger partial charge in [-0.2, -0.15) is 6.07 Å². The summed E-state index contributed by atoms with van der Waals surface area (Å²) in [6, 6.07) is 2.91. The third kappa shape index (κ3) is 3.27. The summed E-state index contributed by atoms with van der Waals surface area (Å²) >= 11 is 5.41. The van der Waals surface area contributed by atoms with Crippen molar-refractivity contribution < 1.29 is 28.6 Å². The van der Waals surface area contributed by atoms with E-state index < -0.39 is 7.12 Å². The minimum atomic E-state index is -1.52. The average molecular weight is 207 g/mol. The van der Waals surface area contributed by atoms with Gasteiger partial charge in [-0.1, -0.05) is 6.20 Å². The van der Waals surface area contributed by atoms with Crippen LogP contribution in [0.15, 0.2) is 12.1 Å². The van der Waals surface area contributed by atoms with Crippen LogP contribution in [0, 0.1) is 6.20 Å². The third-order valence-corrected chi connectivity index (χ3v) is 1.18. The van der Waals surface area contributed by atoms with Crippen LogP contribution in [-0.2, 0) is 18.6 Å². The van der Waals surface area contributed by atoms with E-state index in [1.807, 2.05) is 0 Å². The maximum absolute atomic E-state index is 8.56. The van der Waals surface area contributed by atoms with E-state index in [1.54, 1.807) is 0 Å². The molecule has 0 unspecified atom stereocenters. The van der Waals surface area contributed by atoms with E-state index in [0.29, 0.717) is 0 Å². The first kappa shape index (κ1) is 11.0. The second-order valence-electron chi connectivity index (χ2n) is 1.71. The molecule has 0 bridgehead atoms. The summed E-state index contributed by atoms with van der Waals surface area (Å²) in [5.74, 6) is 0. The molecule has 57 valence electrons. The van der Waals surface area contributed by atoms with Crippen molar-refractivity contribution in [1.82, 2.24) is 4.98 Å². The van der Waals surface area contributed by atoms with Gasteiger partial charge in [0.1, 0.15) is 0 Å². The summed E-state index contributed by atoms with van der Waals surface area (Å²) < 4.78 is 0. The van der Waals surface area contributed by atoms with E-state index in [0.717, 1.165) is 0 Å². The topological polar surface area (TPSA) is 53.4 Å². The van der Waals surface area contributed by atoms with Crippen molar-refractivity contribution in [1.29, 1.82) is 0 Å². The van der Waals surface area contributed by atoms with Gasteiger partial charge >= 0.3 is 7.12 Å². The molecule has 1 heterocycles. The van der Waals surface area contributed by atoms with Gasteiger partial charge in [0, 0.05) is 23.7 Å². The predicted molar refractivity (Wildman–Crippen MR) is 37.9 cm³/mol.